The zero-order valence-electron chi connectivity index (χ0n) is 41.8. The highest BCUT2D eigenvalue weighted by Gasteiger charge is 3.81. The molecule has 0 nitrogen and oxygen atoms in total. The Morgan fingerprint density at radius 2 is 0.532 bits per heavy atom. The third-order valence-electron chi connectivity index (χ3n) is 69.6. The third-order valence-corrected chi connectivity index (χ3v) is 69.6. The quantitative estimate of drug-likeness (QED) is 0.302. The number of rotatable bonds is 0. The molecule has 58 aliphatic carbocycles. The Hall–Kier alpha value is 0. The van der Waals surface area contributed by atoms with Crippen LogP contribution in [0.3, 0.4) is 0 Å². The lowest BCUT2D eigenvalue weighted by Crippen LogP contribution is -3.76. The van der Waals surface area contributed by atoms with Crippen LogP contribution in [-0.2, 0) is 0 Å². The maximum absolute atomic E-state index is 1.90. The van der Waals surface area contributed by atoms with Gasteiger partial charge in [0.2, 0.25) is 0 Å². The molecule has 77 heavy (non-hydrogen) atoms. The van der Waals surface area contributed by atoms with Crippen molar-refractivity contribution in [3.8, 4) is 0 Å². The zero-order chi connectivity index (χ0) is 41.8. The van der Waals surface area contributed by atoms with E-state index >= 15 is 0 Å². The Morgan fingerprint density at radius 3 is 1.14 bits per heavy atom. The van der Waals surface area contributed by atoms with Crippen molar-refractivity contribution in [1.29, 1.82) is 0 Å². The molecule has 73 unspecified atom stereocenters. The first-order chi connectivity index (χ1) is 38.3. The summed E-state index contributed by atoms with van der Waals surface area (Å²) < 4.78 is 0. The van der Waals surface area contributed by atoms with Gasteiger partial charge < -0.3 is 0 Å². The molecule has 0 aromatic carbocycles. The van der Waals surface area contributed by atoms with Crippen LogP contribution >= 0.6 is 0 Å². The Kier molecular flexibility index (Phi) is 1.15. The molecule has 0 saturated heterocycles. The molecule has 0 aromatic rings. The summed E-state index contributed by atoms with van der Waals surface area (Å²) in [5, 5.41) is 0. The van der Waals surface area contributed by atoms with Crippen molar-refractivity contribution in [2.45, 2.75) is 25.7 Å². The van der Waals surface area contributed by atoms with Crippen LogP contribution in [0, 0.1) is 411 Å². The lowest BCUT2D eigenvalue weighted by Gasteiger charge is -3.76. The summed E-state index contributed by atoms with van der Waals surface area (Å²) in [4.78, 5) is 0. The molecule has 0 heteroatoms. The van der Waals surface area contributed by atoms with E-state index in [1.165, 1.54) is 206 Å². The van der Waals surface area contributed by atoms with Gasteiger partial charge in [0.25, 0.3) is 0 Å². The summed E-state index contributed by atoms with van der Waals surface area (Å²) in [5.74, 6) is 45.7. The lowest BCUT2D eigenvalue weighted by atomic mass is 8.26. The SMILES string of the molecule is C1C2C3C4C5C3C23C1C1C2C6C7C8C9C%10C%11CC%12C%13C%14C%15C%16CC%17C%18C%19C%20C%21C%22C%23C%24C%25CC%26C4C54C%26%25C%245C4%24C4C%25C13C21C%252C43C%244C%235C%225C%21%22C%20%21C%19%20C%18%19C%16%17C%15%16C%14%15C%13%14C%12%11C%10%11C9%10C89C78C61C21C32C54C%223C%214C%205C%16%19C%156C%14%11C%107C9%10C81C23C%104C675. The van der Waals surface area contributed by atoms with E-state index < -0.39 is 0 Å². The highest BCUT2D eigenvalue weighted by atomic mass is 15.8. The molecule has 0 radical (unpaired) electrons. The van der Waals surface area contributed by atoms with Gasteiger partial charge in [-0.3, -0.25) is 0 Å². The monoisotopic (exact) mass is 964 g/mol. The second kappa shape index (κ2) is 3.57. The summed E-state index contributed by atoms with van der Waals surface area (Å²) in [5.41, 5.74) is 46.6. The van der Waals surface area contributed by atoms with E-state index in [4.69, 9.17) is 0 Å². The summed E-state index contributed by atoms with van der Waals surface area (Å²) in [7, 11) is 0. The molecule has 0 amide bonds. The molecule has 0 N–H and O–H groups in total. The van der Waals surface area contributed by atoms with Crippen LogP contribution in [0.2, 0.25) is 0 Å². The molecule has 41 spiro atoms. The summed E-state index contributed by atoms with van der Waals surface area (Å²) in [6.45, 7) is 0. The molecule has 73 atom stereocenters. The van der Waals surface area contributed by atoms with E-state index in [0.717, 1.165) is 206 Å². The van der Waals surface area contributed by atoms with Crippen molar-refractivity contribution in [3.63, 3.8) is 0 Å². The molecule has 58 fully saturated rings. The third kappa shape index (κ3) is 0.498. The maximum Gasteiger partial charge on any atom is -0.0000253 e. The van der Waals surface area contributed by atoms with Gasteiger partial charge in [0.15, 0.2) is 0 Å². The Bertz CT molecular complexity index is 5550. The van der Waals surface area contributed by atoms with Gasteiger partial charge in [0, 0.05) is 0 Å². The van der Waals surface area contributed by atoms with Crippen LogP contribution < -0.4 is 0 Å². The van der Waals surface area contributed by atoms with Crippen LogP contribution in [0.15, 0.2) is 0 Å². The molecule has 0 aliphatic heterocycles. The molecule has 348 valence electrons. The van der Waals surface area contributed by atoms with Crippen LogP contribution in [0.5, 0.6) is 0 Å². The fourth-order valence-corrected chi connectivity index (χ4v) is 90.3. The van der Waals surface area contributed by atoms with Crippen LogP contribution in [0.1, 0.15) is 25.7 Å². The van der Waals surface area contributed by atoms with Gasteiger partial charge in [-0.25, -0.2) is 0 Å². The van der Waals surface area contributed by atoms with Crippen LogP contribution in [0.4, 0.5) is 0 Å². The molecule has 0 bridgehead atoms. The van der Waals surface area contributed by atoms with E-state index in [-0.39, 0.29) is 0 Å². The Balaban J connectivity index is 0.691. The highest BCUT2D eigenvalue weighted by Crippen LogP contribution is 3.81. The zero-order valence-corrected chi connectivity index (χ0v) is 41.8. The molecular weight excluding hydrogens is 925 g/mol. The summed E-state index contributed by atoms with van der Waals surface area (Å²) in [6.07, 6.45) is 7.59. The number of fused-ring (bicyclic) bond motifs is 24. The van der Waals surface area contributed by atoms with Gasteiger partial charge in [0.1, 0.15) is 0 Å². The first-order valence-electron chi connectivity index (χ1n) is 38.3. The largest absolute Gasteiger partial charge is 0.0459 e. The van der Waals surface area contributed by atoms with Crippen molar-refractivity contribution in [2.75, 3.05) is 0 Å². The topological polar surface area (TPSA) is 0 Å². The minimum Gasteiger partial charge on any atom is -0.0459 e. The molecule has 0 heterocycles. The van der Waals surface area contributed by atoms with Gasteiger partial charge in [-0.1, -0.05) is 0 Å². The smallest absolute Gasteiger partial charge is 0.0000253 e. The normalized spacial score (nSPS) is 148. The molecule has 0 aromatic heterocycles. The fourth-order valence-electron chi connectivity index (χ4n) is 90.3. The minimum absolute atomic E-state index is 1.07. The van der Waals surface area contributed by atoms with Crippen LogP contribution in [0.25, 0.3) is 0 Å². The predicted octanol–water partition coefficient (Wildman–Crippen LogP) is 5.50. The fraction of sp³-hybridized carbons (Fsp3) is 1.00. The summed E-state index contributed by atoms with van der Waals surface area (Å²) >= 11 is 0. The van der Waals surface area contributed by atoms with Crippen molar-refractivity contribution >= 4 is 0 Å². The van der Waals surface area contributed by atoms with E-state index in [1.807, 2.05) is 25.7 Å². The number of hydrogen-bond donors (Lipinski definition) is 0. The van der Waals surface area contributed by atoms with Crippen molar-refractivity contribution in [1.82, 2.24) is 0 Å². The van der Waals surface area contributed by atoms with Crippen molar-refractivity contribution < 1.29 is 0 Å². The predicted molar refractivity (Wildman–Crippen MR) is 230 cm³/mol. The van der Waals surface area contributed by atoms with Crippen molar-refractivity contribution in [2.24, 2.45) is 411 Å². The Labute approximate surface area is 434 Å². The van der Waals surface area contributed by atoms with Gasteiger partial charge in [-0.15, -0.1) is 0 Å². The molecular formula is C77H40. The van der Waals surface area contributed by atoms with Gasteiger partial charge in [-0.05, 0) is 437 Å². The molecule has 58 saturated carbocycles. The standard InChI is InChI=1S/C77H40/c1-5-13-14-15-7-2-8-17-26-30-34-32-28-21-12-4-10-19-25-18-9-3-11-20-27-31-33-29-24-16-6(1)37(5)22(13)23(14)41(15)38(7,8)43(17)49(26)54(30)58(34)57(32)53(28)48(21)40(10,12)46(19)51(25)45(18)39(9,11)47(20)52(27)56(31)55(33)50(29)44(24)42(16,37)35-36-59(41,43)62(49)61(36)60(35,44)65(50)70(55)72(56)68(52)63(45,47)67(51)64(46,48)69(53)73(57)71(58)66(54,62)74(61,65)76(70,71)77(72,73)75(67,68)69/h5-36H,1-4H2. The first-order valence-corrected chi connectivity index (χ1v) is 38.3. The average Bonchev–Trinajstić information content (AvgIpc) is 0.408. The van der Waals surface area contributed by atoms with Gasteiger partial charge in [-0.2, -0.15) is 0 Å². The van der Waals surface area contributed by atoms with Gasteiger partial charge >= 0.3 is 0 Å². The first kappa shape index (κ1) is 24.8. The van der Waals surface area contributed by atoms with E-state index in [1.54, 1.807) is 0 Å². The molecule has 58 rings (SSSR count). The van der Waals surface area contributed by atoms with E-state index in [9.17, 15) is 0 Å². The van der Waals surface area contributed by atoms with Gasteiger partial charge in [0.05, 0.1) is 0 Å². The Morgan fingerprint density at radius 1 is 0.156 bits per heavy atom. The maximum atomic E-state index is 1.90. The van der Waals surface area contributed by atoms with E-state index in [2.05, 4.69) is 0 Å². The van der Waals surface area contributed by atoms with Crippen LogP contribution in [-0.4, -0.2) is 0 Å². The lowest BCUT2D eigenvalue weighted by molar-refractivity contribution is -1.32. The van der Waals surface area contributed by atoms with Crippen molar-refractivity contribution in [3.05, 3.63) is 0 Å². The minimum atomic E-state index is 1.07. The highest BCUT2D eigenvalue weighted by molar-refractivity contribution is 6.24. The second-order valence-electron chi connectivity index (χ2n) is 51.1. The summed E-state index contributed by atoms with van der Waals surface area (Å²) in [6, 6.07) is 0. The number of hydrogen-bond acceptors (Lipinski definition) is 0. The molecule has 58 aliphatic rings. The average molecular weight is 965 g/mol. The second-order valence-corrected chi connectivity index (χ2v) is 51.1. The van der Waals surface area contributed by atoms with E-state index in [0.29, 0.717) is 0 Å².